The highest BCUT2D eigenvalue weighted by molar-refractivity contribution is 8.02. The van der Waals surface area contributed by atoms with Crippen LogP contribution in [0.3, 0.4) is 0 Å². The maximum Gasteiger partial charge on any atom is 0.100 e. The molecule has 0 fully saturated rings. The van der Waals surface area contributed by atoms with E-state index >= 15 is 0 Å². The van der Waals surface area contributed by atoms with E-state index in [4.69, 9.17) is 6.58 Å². The quantitative estimate of drug-likeness (QED) is 0.577. The lowest BCUT2D eigenvalue weighted by Gasteiger charge is -1.89. The normalized spacial score (nSPS) is 8.89. The second-order valence-electron chi connectivity index (χ2n) is 1.42. The van der Waals surface area contributed by atoms with Gasteiger partial charge in [0.15, 0.2) is 0 Å². The highest BCUT2D eigenvalue weighted by atomic mass is 32.2. The smallest absolute Gasteiger partial charge is 0.100 e. The summed E-state index contributed by atoms with van der Waals surface area (Å²) < 4.78 is 0. The topological polar surface area (TPSA) is 12.9 Å². The van der Waals surface area contributed by atoms with Gasteiger partial charge in [0.25, 0.3) is 0 Å². The van der Waals surface area contributed by atoms with Gasteiger partial charge >= 0.3 is 0 Å². The van der Waals surface area contributed by atoms with E-state index in [-0.39, 0.29) is 0 Å². The number of hydrogen-bond acceptors (Lipinski definition) is 2. The molecule has 0 amide bonds. The summed E-state index contributed by atoms with van der Waals surface area (Å²) in [6.07, 6.45) is 1.74. The Hall–Kier alpha value is -0.760. The molecule has 1 heterocycles. The number of aromatic nitrogens is 1. The Morgan fingerprint density at radius 3 is 3.00 bits per heavy atom. The van der Waals surface area contributed by atoms with E-state index in [0.717, 1.165) is 5.03 Å². The van der Waals surface area contributed by atoms with Crippen LogP contribution in [0.4, 0.5) is 0 Å². The van der Waals surface area contributed by atoms with Crippen LogP contribution in [0.5, 0.6) is 0 Å². The van der Waals surface area contributed by atoms with Crippen LogP contribution in [-0.2, 0) is 0 Å². The Morgan fingerprint density at radius 1 is 1.56 bits per heavy atom. The molecule has 1 aromatic rings. The highest BCUT2D eigenvalue weighted by Gasteiger charge is 1.84. The predicted molar refractivity (Wildman–Crippen MR) is 39.0 cm³/mol. The molecule has 1 radical (unpaired) electrons. The number of thioether (sulfide) groups is 1. The van der Waals surface area contributed by atoms with Crippen LogP contribution in [0.2, 0.25) is 0 Å². The molecule has 0 aliphatic heterocycles. The van der Waals surface area contributed by atoms with Gasteiger partial charge in [-0.15, -0.1) is 0 Å². The molecule has 0 aliphatic rings. The molecule has 45 valence electrons. The molecular weight excluding hydrogens is 130 g/mol. The van der Waals surface area contributed by atoms with E-state index in [9.17, 15) is 0 Å². The molecule has 0 aromatic carbocycles. The van der Waals surface area contributed by atoms with Crippen molar-refractivity contribution in [1.82, 2.24) is 4.98 Å². The third kappa shape index (κ3) is 1.90. The summed E-state index contributed by atoms with van der Waals surface area (Å²) in [5.41, 5.74) is 0. The summed E-state index contributed by atoms with van der Waals surface area (Å²) in [7, 11) is 0. The maximum absolute atomic E-state index is 5.16. The van der Waals surface area contributed by atoms with Crippen LogP contribution in [0.1, 0.15) is 0 Å². The lowest BCUT2D eigenvalue weighted by molar-refractivity contribution is 1.14. The van der Waals surface area contributed by atoms with Crippen molar-refractivity contribution < 1.29 is 0 Å². The predicted octanol–water partition coefficient (Wildman–Crippen LogP) is 2.12. The molecule has 9 heavy (non-hydrogen) atoms. The fraction of sp³-hybridized carbons (Fsp3) is 0. The maximum atomic E-state index is 5.16. The van der Waals surface area contributed by atoms with E-state index in [2.05, 4.69) is 4.98 Å². The molecule has 1 nitrogen and oxygen atoms in total. The SMILES string of the molecule is [CH]=CSc1ccccn1. The van der Waals surface area contributed by atoms with E-state index in [1.54, 1.807) is 6.20 Å². The van der Waals surface area contributed by atoms with Crippen LogP contribution in [0.25, 0.3) is 0 Å². The zero-order valence-corrected chi connectivity index (χ0v) is 5.64. The van der Waals surface area contributed by atoms with Crippen molar-refractivity contribution in [3.05, 3.63) is 36.4 Å². The Morgan fingerprint density at radius 2 is 2.44 bits per heavy atom. The average Bonchev–Trinajstić information content (AvgIpc) is 1.91. The number of rotatable bonds is 2. The monoisotopic (exact) mass is 136 g/mol. The zero-order valence-electron chi connectivity index (χ0n) is 4.82. The zero-order chi connectivity index (χ0) is 6.53. The van der Waals surface area contributed by atoms with Gasteiger partial charge in [-0.1, -0.05) is 24.4 Å². The first-order chi connectivity index (χ1) is 4.43. The summed E-state index contributed by atoms with van der Waals surface area (Å²) in [6.45, 7) is 5.16. The van der Waals surface area contributed by atoms with Crippen molar-refractivity contribution in [2.24, 2.45) is 0 Å². The first-order valence-corrected chi connectivity index (χ1v) is 3.42. The molecular formula is C7H6NS. The molecule has 1 aromatic heterocycles. The lowest BCUT2D eigenvalue weighted by Crippen LogP contribution is -1.71. The Bertz CT molecular complexity index is 183. The molecule has 0 atom stereocenters. The molecule has 0 saturated carbocycles. The minimum absolute atomic E-state index is 0.931. The van der Waals surface area contributed by atoms with Crippen LogP contribution in [-0.4, -0.2) is 4.98 Å². The Balaban J connectivity index is 2.72. The molecule has 0 spiro atoms. The third-order valence-electron chi connectivity index (χ3n) is 0.827. The minimum atomic E-state index is 0.931. The number of nitrogens with zero attached hydrogens (tertiary/aromatic N) is 1. The minimum Gasteiger partial charge on any atom is -0.250 e. The Labute approximate surface area is 58.8 Å². The van der Waals surface area contributed by atoms with Crippen LogP contribution in [0, 0.1) is 6.58 Å². The summed E-state index contributed by atoms with van der Waals surface area (Å²) in [5.74, 6) is 0. The second-order valence-corrected chi connectivity index (χ2v) is 2.35. The molecule has 1 rings (SSSR count). The summed E-state index contributed by atoms with van der Waals surface area (Å²) in [4.78, 5) is 4.02. The Kier molecular flexibility index (Phi) is 2.33. The van der Waals surface area contributed by atoms with Gasteiger partial charge in [-0.25, -0.2) is 4.98 Å². The van der Waals surface area contributed by atoms with Gasteiger partial charge in [0.1, 0.15) is 5.03 Å². The highest BCUT2D eigenvalue weighted by Crippen LogP contribution is 2.12. The van der Waals surface area contributed by atoms with E-state index in [1.807, 2.05) is 18.2 Å². The van der Waals surface area contributed by atoms with Crippen molar-refractivity contribution in [3.63, 3.8) is 0 Å². The molecule has 0 saturated heterocycles. The van der Waals surface area contributed by atoms with Crippen LogP contribution in [0.15, 0.2) is 34.8 Å². The van der Waals surface area contributed by atoms with Gasteiger partial charge in [-0.3, -0.25) is 0 Å². The van der Waals surface area contributed by atoms with Crippen molar-refractivity contribution in [1.29, 1.82) is 0 Å². The van der Waals surface area contributed by atoms with E-state index in [1.165, 1.54) is 17.2 Å². The van der Waals surface area contributed by atoms with Gasteiger partial charge in [-0.05, 0) is 17.5 Å². The second kappa shape index (κ2) is 3.30. The van der Waals surface area contributed by atoms with Crippen LogP contribution >= 0.6 is 11.8 Å². The van der Waals surface area contributed by atoms with E-state index in [0.29, 0.717) is 0 Å². The fourth-order valence-electron chi connectivity index (χ4n) is 0.487. The summed E-state index contributed by atoms with van der Waals surface area (Å²) in [6, 6.07) is 5.72. The molecule has 0 N–H and O–H groups in total. The van der Waals surface area contributed by atoms with Gasteiger partial charge in [0, 0.05) is 6.20 Å². The lowest BCUT2D eigenvalue weighted by atomic mass is 10.5. The van der Waals surface area contributed by atoms with Crippen LogP contribution < -0.4 is 0 Å². The fourth-order valence-corrected chi connectivity index (χ4v) is 0.905. The van der Waals surface area contributed by atoms with Gasteiger partial charge < -0.3 is 0 Å². The largest absolute Gasteiger partial charge is 0.250 e. The van der Waals surface area contributed by atoms with Gasteiger partial charge in [-0.2, -0.15) is 0 Å². The van der Waals surface area contributed by atoms with Crippen molar-refractivity contribution in [3.8, 4) is 0 Å². The van der Waals surface area contributed by atoms with Crippen molar-refractivity contribution in [2.45, 2.75) is 5.03 Å². The number of hydrogen-bond donors (Lipinski definition) is 0. The number of pyridine rings is 1. The molecule has 2 heteroatoms. The van der Waals surface area contributed by atoms with Crippen molar-refractivity contribution >= 4 is 11.8 Å². The van der Waals surface area contributed by atoms with Crippen molar-refractivity contribution in [2.75, 3.05) is 0 Å². The summed E-state index contributed by atoms with van der Waals surface area (Å²) >= 11 is 1.42. The third-order valence-corrected chi connectivity index (χ3v) is 1.45. The average molecular weight is 136 g/mol. The molecule has 0 aliphatic carbocycles. The first kappa shape index (κ1) is 6.36. The molecule has 0 unspecified atom stereocenters. The van der Waals surface area contributed by atoms with Gasteiger partial charge in [0.2, 0.25) is 0 Å². The van der Waals surface area contributed by atoms with Gasteiger partial charge in [0.05, 0.1) is 0 Å². The molecule has 0 bridgehead atoms. The summed E-state index contributed by atoms with van der Waals surface area (Å²) in [5, 5.41) is 2.45. The standard InChI is InChI=1S/C7H6NS/c1-2-9-7-5-3-4-6-8-7/h1-6H. The first-order valence-electron chi connectivity index (χ1n) is 2.54. The van der Waals surface area contributed by atoms with E-state index < -0.39 is 0 Å².